The van der Waals surface area contributed by atoms with Gasteiger partial charge in [0.1, 0.15) is 0 Å². The van der Waals surface area contributed by atoms with E-state index in [4.69, 9.17) is 0 Å². The Labute approximate surface area is 140 Å². The minimum absolute atomic E-state index is 0.0766. The van der Waals surface area contributed by atoms with Gasteiger partial charge in [0.25, 0.3) is 0 Å². The summed E-state index contributed by atoms with van der Waals surface area (Å²) in [5.74, 6) is 0. The maximum atomic E-state index is 11.7. The first-order chi connectivity index (χ1) is 11.1. The molecule has 0 saturated heterocycles. The van der Waals surface area contributed by atoms with Crippen LogP contribution >= 0.6 is 0 Å². The molecule has 1 unspecified atom stereocenters. The van der Waals surface area contributed by atoms with Gasteiger partial charge in [-0.15, -0.1) is 0 Å². The summed E-state index contributed by atoms with van der Waals surface area (Å²) in [4.78, 5) is 22.7. The summed E-state index contributed by atoms with van der Waals surface area (Å²) < 4.78 is 0. The molecule has 0 saturated carbocycles. The number of hydrogen-bond acceptors (Lipinski definition) is 3. The van der Waals surface area contributed by atoms with E-state index in [2.05, 4.69) is 28.2 Å². The Kier molecular flexibility index (Phi) is 14.4. The van der Waals surface area contributed by atoms with Gasteiger partial charge in [-0.05, 0) is 25.7 Å². The van der Waals surface area contributed by atoms with Crippen LogP contribution in [0.15, 0.2) is 0 Å². The maximum Gasteiger partial charge on any atom is 0.315 e. The molecule has 136 valence electrons. The molecule has 0 rings (SSSR count). The predicted molar refractivity (Wildman–Crippen MR) is 92.5 cm³/mol. The minimum atomic E-state index is -0.241. The molecule has 0 fully saturated rings. The lowest BCUT2D eigenvalue weighted by atomic mass is 10.1. The summed E-state index contributed by atoms with van der Waals surface area (Å²) in [6.45, 7) is 3.35. The molecule has 0 bridgehead atoms. The molecule has 0 aromatic heterocycles. The van der Waals surface area contributed by atoms with Crippen molar-refractivity contribution in [3.8, 4) is 0 Å². The van der Waals surface area contributed by atoms with Gasteiger partial charge >= 0.3 is 12.1 Å². The highest BCUT2D eigenvalue weighted by Crippen LogP contribution is 2.02. The molecule has 7 heteroatoms. The fourth-order valence-corrected chi connectivity index (χ4v) is 2.18. The van der Waals surface area contributed by atoms with E-state index in [1.54, 1.807) is 7.05 Å². The van der Waals surface area contributed by atoms with Crippen molar-refractivity contribution >= 4 is 12.1 Å². The van der Waals surface area contributed by atoms with Gasteiger partial charge in [-0.25, -0.2) is 9.59 Å². The van der Waals surface area contributed by atoms with Gasteiger partial charge in [0.15, 0.2) is 0 Å². The maximum absolute atomic E-state index is 11.7. The summed E-state index contributed by atoms with van der Waals surface area (Å²) >= 11 is 0. The zero-order valence-corrected chi connectivity index (χ0v) is 14.6. The van der Waals surface area contributed by atoms with Gasteiger partial charge in [0.05, 0.1) is 12.6 Å². The third kappa shape index (κ3) is 13.9. The smallest absolute Gasteiger partial charge is 0.315 e. The zero-order chi connectivity index (χ0) is 17.3. The van der Waals surface area contributed by atoms with Crippen LogP contribution < -0.4 is 21.3 Å². The number of aliphatic hydroxyl groups is 1. The summed E-state index contributed by atoms with van der Waals surface area (Å²) in [6.07, 6.45) is 8.12. The van der Waals surface area contributed by atoms with Crippen LogP contribution in [0, 0.1) is 0 Å². The first-order valence-corrected chi connectivity index (χ1v) is 8.74. The number of hydrogen-bond donors (Lipinski definition) is 5. The standard InChI is InChI=1S/C16H34N4O3/c1-3-4-5-6-8-11-19-16(23)20-14(13-21)10-7-9-12-18-15(22)17-2/h14,21H,3-13H2,1-2H3,(H2,17,18,22)(H2,19,20,23). The van der Waals surface area contributed by atoms with Crippen molar-refractivity contribution in [2.24, 2.45) is 0 Å². The van der Waals surface area contributed by atoms with Crippen LogP contribution in [-0.2, 0) is 0 Å². The van der Waals surface area contributed by atoms with Crippen molar-refractivity contribution in [2.75, 3.05) is 26.7 Å². The second-order valence-corrected chi connectivity index (χ2v) is 5.70. The topological polar surface area (TPSA) is 102 Å². The molecular weight excluding hydrogens is 296 g/mol. The Morgan fingerprint density at radius 2 is 1.52 bits per heavy atom. The predicted octanol–water partition coefficient (Wildman–Crippen LogP) is 1.72. The van der Waals surface area contributed by atoms with Crippen molar-refractivity contribution in [1.29, 1.82) is 0 Å². The van der Waals surface area contributed by atoms with Gasteiger partial charge in [-0.1, -0.05) is 32.6 Å². The summed E-state index contributed by atoms with van der Waals surface area (Å²) in [5.41, 5.74) is 0. The van der Waals surface area contributed by atoms with Crippen LogP contribution in [0.25, 0.3) is 0 Å². The Morgan fingerprint density at radius 3 is 2.13 bits per heavy atom. The van der Waals surface area contributed by atoms with E-state index >= 15 is 0 Å². The lowest BCUT2D eigenvalue weighted by Gasteiger charge is -2.17. The molecule has 0 spiro atoms. The van der Waals surface area contributed by atoms with Gasteiger partial charge < -0.3 is 26.4 Å². The highest BCUT2D eigenvalue weighted by atomic mass is 16.3. The second kappa shape index (κ2) is 15.4. The van der Waals surface area contributed by atoms with E-state index in [1.165, 1.54) is 19.3 Å². The van der Waals surface area contributed by atoms with Crippen LogP contribution in [0.3, 0.4) is 0 Å². The first-order valence-electron chi connectivity index (χ1n) is 8.74. The van der Waals surface area contributed by atoms with Crippen molar-refractivity contribution in [2.45, 2.75) is 64.3 Å². The van der Waals surface area contributed by atoms with E-state index in [1.807, 2.05) is 0 Å². The molecule has 0 heterocycles. The molecule has 0 aromatic carbocycles. The normalized spacial score (nSPS) is 11.6. The van der Waals surface area contributed by atoms with E-state index in [-0.39, 0.29) is 24.7 Å². The molecule has 0 aliphatic heterocycles. The summed E-state index contributed by atoms with van der Waals surface area (Å²) in [5, 5.41) is 20.1. The number of carbonyl (C=O) groups excluding carboxylic acids is 2. The molecule has 0 aromatic rings. The fraction of sp³-hybridized carbons (Fsp3) is 0.875. The van der Waals surface area contributed by atoms with Crippen molar-refractivity contribution in [3.05, 3.63) is 0 Å². The number of nitrogens with one attached hydrogen (secondary N) is 4. The average Bonchev–Trinajstić information content (AvgIpc) is 2.56. The van der Waals surface area contributed by atoms with Gasteiger partial charge in [-0.2, -0.15) is 0 Å². The second-order valence-electron chi connectivity index (χ2n) is 5.70. The molecule has 4 amide bonds. The summed E-state index contributed by atoms with van der Waals surface area (Å²) in [6, 6.07) is -0.654. The Bertz CT molecular complexity index is 314. The van der Waals surface area contributed by atoms with E-state index < -0.39 is 0 Å². The molecule has 23 heavy (non-hydrogen) atoms. The monoisotopic (exact) mass is 330 g/mol. The average molecular weight is 330 g/mol. The van der Waals surface area contributed by atoms with Crippen LogP contribution in [0.2, 0.25) is 0 Å². The molecule has 0 radical (unpaired) electrons. The number of unbranched alkanes of at least 4 members (excludes halogenated alkanes) is 5. The highest BCUT2D eigenvalue weighted by molar-refractivity contribution is 5.74. The number of amides is 4. The fourth-order valence-electron chi connectivity index (χ4n) is 2.18. The van der Waals surface area contributed by atoms with E-state index in [0.29, 0.717) is 19.5 Å². The quantitative estimate of drug-likeness (QED) is 0.332. The van der Waals surface area contributed by atoms with Crippen molar-refractivity contribution in [3.63, 3.8) is 0 Å². The molecule has 7 nitrogen and oxygen atoms in total. The van der Waals surface area contributed by atoms with Crippen LogP contribution in [-0.4, -0.2) is 50.0 Å². The van der Waals surface area contributed by atoms with Gasteiger partial charge in [0, 0.05) is 20.1 Å². The number of aliphatic hydroxyl groups excluding tert-OH is 1. The third-order valence-electron chi connectivity index (χ3n) is 3.61. The zero-order valence-electron chi connectivity index (χ0n) is 14.6. The Morgan fingerprint density at radius 1 is 0.913 bits per heavy atom. The van der Waals surface area contributed by atoms with E-state index in [9.17, 15) is 14.7 Å². The van der Waals surface area contributed by atoms with Crippen molar-refractivity contribution < 1.29 is 14.7 Å². The largest absolute Gasteiger partial charge is 0.394 e. The molecule has 1 atom stereocenters. The first kappa shape index (κ1) is 21.5. The number of urea groups is 2. The molecule has 0 aliphatic carbocycles. The van der Waals surface area contributed by atoms with E-state index in [0.717, 1.165) is 25.7 Å². The molecule has 5 N–H and O–H groups in total. The Hall–Kier alpha value is -1.50. The third-order valence-corrected chi connectivity index (χ3v) is 3.61. The van der Waals surface area contributed by atoms with Gasteiger partial charge in [-0.3, -0.25) is 0 Å². The lowest BCUT2D eigenvalue weighted by Crippen LogP contribution is -2.44. The molecular formula is C16H34N4O3. The summed E-state index contributed by atoms with van der Waals surface area (Å²) in [7, 11) is 1.57. The minimum Gasteiger partial charge on any atom is -0.394 e. The SMILES string of the molecule is CCCCCCCNC(=O)NC(CO)CCCCNC(=O)NC. The van der Waals surface area contributed by atoms with Gasteiger partial charge in [0.2, 0.25) is 0 Å². The Balaban J connectivity index is 3.62. The van der Waals surface area contributed by atoms with Crippen LogP contribution in [0.1, 0.15) is 58.3 Å². The van der Waals surface area contributed by atoms with Crippen LogP contribution in [0.5, 0.6) is 0 Å². The van der Waals surface area contributed by atoms with Crippen LogP contribution in [0.4, 0.5) is 9.59 Å². The number of carbonyl (C=O) groups is 2. The van der Waals surface area contributed by atoms with Crippen molar-refractivity contribution in [1.82, 2.24) is 21.3 Å². The lowest BCUT2D eigenvalue weighted by molar-refractivity contribution is 0.211. The molecule has 0 aliphatic rings. The number of rotatable bonds is 13. The highest BCUT2D eigenvalue weighted by Gasteiger charge is 2.10.